The van der Waals surface area contributed by atoms with Crippen molar-refractivity contribution >= 4 is 46.6 Å². The Bertz CT molecular complexity index is 1880. The number of nitrogens with one attached hydrogen (secondary N) is 4. The van der Waals surface area contributed by atoms with Crippen LogP contribution >= 0.6 is 0 Å². The normalized spacial score (nSPS) is 14.0. The van der Waals surface area contributed by atoms with Crippen molar-refractivity contribution in [2.75, 3.05) is 49.2 Å². The number of aromatic amines is 1. The molecule has 1 saturated heterocycles. The van der Waals surface area contributed by atoms with E-state index in [1.807, 2.05) is 54.6 Å². The van der Waals surface area contributed by atoms with Gasteiger partial charge in [-0.1, -0.05) is 42.5 Å². The van der Waals surface area contributed by atoms with Gasteiger partial charge in [-0.25, -0.2) is 19.0 Å². The monoisotopic (exact) mass is 654 g/mol. The van der Waals surface area contributed by atoms with E-state index in [4.69, 9.17) is 4.74 Å². The van der Waals surface area contributed by atoms with Gasteiger partial charge in [-0.3, -0.25) is 4.90 Å². The van der Waals surface area contributed by atoms with Crippen molar-refractivity contribution in [3.05, 3.63) is 95.6 Å². The van der Waals surface area contributed by atoms with E-state index < -0.39 is 18.1 Å². The number of esters is 1. The molecule has 1 fully saturated rings. The molecule has 48 heavy (non-hydrogen) atoms. The van der Waals surface area contributed by atoms with E-state index in [1.54, 1.807) is 6.07 Å². The maximum atomic E-state index is 13.7. The average Bonchev–Trinajstić information content (AvgIpc) is 3.49. The molecule has 14 nitrogen and oxygen atoms in total. The van der Waals surface area contributed by atoms with Crippen LogP contribution in [0.2, 0.25) is 0 Å². The summed E-state index contributed by atoms with van der Waals surface area (Å²) in [6, 6.07) is 20.9. The first kappa shape index (κ1) is 32.1. The Hall–Kier alpha value is -5.83. The number of ether oxygens (including phenoxy) is 1. The molecule has 0 bridgehead atoms. The number of fused-ring (bicyclic) bond motifs is 1. The number of carbonyl (C=O) groups is 2. The third kappa shape index (κ3) is 8.30. The van der Waals surface area contributed by atoms with Gasteiger partial charge in [0.1, 0.15) is 17.7 Å². The second-order valence-corrected chi connectivity index (χ2v) is 11.3. The topological polar surface area (TPSA) is 174 Å². The van der Waals surface area contributed by atoms with E-state index in [9.17, 15) is 19.1 Å². The number of piperazine rings is 1. The lowest BCUT2D eigenvalue weighted by molar-refractivity contribution is -0.141. The first-order valence-electron chi connectivity index (χ1n) is 15.4. The second kappa shape index (κ2) is 14.7. The Morgan fingerprint density at radius 1 is 0.917 bits per heavy atom. The number of methoxy groups -OCH3 is 1. The number of H-pyrrole nitrogens is 1. The quantitative estimate of drug-likeness (QED) is 0.121. The Morgan fingerprint density at radius 3 is 2.44 bits per heavy atom. The third-order valence-corrected chi connectivity index (χ3v) is 7.85. The molecule has 5 aromatic rings. The lowest BCUT2D eigenvalue weighted by atomic mass is 10.1. The van der Waals surface area contributed by atoms with Gasteiger partial charge in [0.15, 0.2) is 0 Å². The number of carboxylic acid groups (broad SMARTS) is 1. The molecule has 1 unspecified atom stereocenters. The summed E-state index contributed by atoms with van der Waals surface area (Å²) in [5.74, 6) is 0.272. The van der Waals surface area contributed by atoms with Gasteiger partial charge in [0.05, 0.1) is 24.7 Å². The zero-order valence-corrected chi connectivity index (χ0v) is 26.2. The average molecular weight is 655 g/mol. The van der Waals surface area contributed by atoms with Gasteiger partial charge in [0.2, 0.25) is 17.8 Å². The minimum absolute atomic E-state index is 0.139. The summed E-state index contributed by atoms with van der Waals surface area (Å²) in [4.78, 5) is 48.9. The summed E-state index contributed by atoms with van der Waals surface area (Å²) in [6.45, 7) is 3.07. The van der Waals surface area contributed by atoms with E-state index in [2.05, 4.69) is 45.8 Å². The maximum absolute atomic E-state index is 13.7. The molecule has 1 aliphatic rings. The minimum Gasteiger partial charge on any atom is -0.467 e. The number of nitrogens with zero attached hydrogens (tertiary/aromatic N) is 6. The summed E-state index contributed by atoms with van der Waals surface area (Å²) in [5.41, 5.74) is 3.88. The fourth-order valence-electron chi connectivity index (χ4n) is 5.43. The van der Waals surface area contributed by atoms with Gasteiger partial charge < -0.3 is 35.7 Å². The summed E-state index contributed by atoms with van der Waals surface area (Å²) < 4.78 is 18.8. The van der Waals surface area contributed by atoms with Gasteiger partial charge in [-0.15, -0.1) is 0 Å². The molecule has 1 aliphatic heterocycles. The van der Waals surface area contributed by atoms with Gasteiger partial charge in [0, 0.05) is 44.8 Å². The first-order valence-corrected chi connectivity index (χ1v) is 15.4. The van der Waals surface area contributed by atoms with Crippen LogP contribution in [-0.4, -0.2) is 91.2 Å². The van der Waals surface area contributed by atoms with Gasteiger partial charge >= 0.3 is 12.1 Å². The summed E-state index contributed by atoms with van der Waals surface area (Å²) in [5, 5.41) is 18.8. The molecular weight excluding hydrogens is 619 g/mol. The van der Waals surface area contributed by atoms with Crippen LogP contribution in [-0.2, 0) is 29.0 Å². The predicted molar refractivity (Wildman–Crippen MR) is 177 cm³/mol. The van der Waals surface area contributed by atoms with Gasteiger partial charge in [-0.05, 0) is 41.5 Å². The molecule has 0 spiro atoms. The summed E-state index contributed by atoms with van der Waals surface area (Å²) in [6.07, 6.45) is -0.560. The predicted octanol–water partition coefficient (Wildman–Crippen LogP) is 4.23. The van der Waals surface area contributed by atoms with Crippen molar-refractivity contribution in [1.29, 1.82) is 0 Å². The number of benzene rings is 3. The molecule has 3 aromatic carbocycles. The Labute approximate surface area is 275 Å². The van der Waals surface area contributed by atoms with Gasteiger partial charge in [-0.2, -0.15) is 15.0 Å². The summed E-state index contributed by atoms with van der Waals surface area (Å²) >= 11 is 0. The lowest BCUT2D eigenvalue weighted by Gasteiger charge is -2.33. The number of amides is 1. The van der Waals surface area contributed by atoms with E-state index in [0.717, 1.165) is 16.8 Å². The van der Waals surface area contributed by atoms with Crippen LogP contribution in [0.5, 0.6) is 0 Å². The van der Waals surface area contributed by atoms with Crippen molar-refractivity contribution in [2.45, 2.75) is 25.6 Å². The highest BCUT2D eigenvalue weighted by atomic mass is 19.1. The number of carbonyl (C=O) groups excluding carboxylic acids is 1. The van der Waals surface area contributed by atoms with Crippen molar-refractivity contribution < 1.29 is 23.8 Å². The molecule has 15 heteroatoms. The van der Waals surface area contributed by atoms with Crippen LogP contribution in [0, 0.1) is 5.82 Å². The van der Waals surface area contributed by atoms with Crippen LogP contribution in [0.3, 0.4) is 0 Å². The largest absolute Gasteiger partial charge is 0.467 e. The number of rotatable bonds is 12. The smallest absolute Gasteiger partial charge is 0.407 e. The number of hydrogen-bond donors (Lipinski definition) is 5. The SMILES string of the molecule is COC(=O)C(Cc1ccccc1)Nc1nc(NCc2nc3ccc(F)cc3[nH]2)nc(Nc2cccc(CN3CCN(C(=O)O)CC3)c2)n1. The molecule has 2 aromatic heterocycles. The highest BCUT2D eigenvalue weighted by Crippen LogP contribution is 2.21. The molecule has 1 amide bonds. The van der Waals surface area contributed by atoms with Crippen molar-refractivity contribution in [3.8, 4) is 0 Å². The Kier molecular flexibility index (Phi) is 9.85. The molecule has 3 heterocycles. The Morgan fingerprint density at radius 2 is 1.67 bits per heavy atom. The highest BCUT2D eigenvalue weighted by molar-refractivity contribution is 5.79. The molecule has 1 atom stereocenters. The van der Waals surface area contributed by atoms with Crippen molar-refractivity contribution in [2.24, 2.45) is 0 Å². The molecule has 0 radical (unpaired) electrons. The second-order valence-electron chi connectivity index (χ2n) is 11.3. The molecular formula is C33H35FN10O4. The lowest BCUT2D eigenvalue weighted by Crippen LogP contribution is -2.47. The van der Waals surface area contributed by atoms with Crippen LogP contribution < -0.4 is 16.0 Å². The first-order chi connectivity index (χ1) is 23.3. The van der Waals surface area contributed by atoms with E-state index in [-0.39, 0.29) is 30.2 Å². The molecule has 6 rings (SSSR count). The molecule has 248 valence electrons. The van der Waals surface area contributed by atoms with Gasteiger partial charge in [0.25, 0.3) is 0 Å². The number of imidazole rings is 1. The Balaban J connectivity index is 1.22. The fourth-order valence-corrected chi connectivity index (χ4v) is 5.43. The van der Waals surface area contributed by atoms with E-state index >= 15 is 0 Å². The van der Waals surface area contributed by atoms with Crippen molar-refractivity contribution in [1.82, 2.24) is 34.7 Å². The number of halogens is 1. The summed E-state index contributed by atoms with van der Waals surface area (Å²) in [7, 11) is 1.33. The maximum Gasteiger partial charge on any atom is 0.407 e. The zero-order chi connectivity index (χ0) is 33.5. The molecule has 0 aliphatic carbocycles. The highest BCUT2D eigenvalue weighted by Gasteiger charge is 2.23. The minimum atomic E-state index is -0.896. The number of hydrogen-bond acceptors (Lipinski definition) is 11. The standard InChI is InChI=1S/C33H35FN10O4/c1-48-29(45)27(17-21-6-3-2-4-7-21)39-32-41-30(35-19-28-37-25-11-10-23(34)18-26(25)38-28)40-31(42-32)36-24-9-5-8-22(16-24)20-43-12-14-44(15-13-43)33(46)47/h2-11,16,18,27H,12-15,17,19-20H2,1H3,(H,37,38)(H,46,47)(H3,35,36,39,40,41,42). The number of anilines is 4. The number of aromatic nitrogens is 5. The van der Waals surface area contributed by atoms with Crippen LogP contribution in [0.25, 0.3) is 11.0 Å². The zero-order valence-electron chi connectivity index (χ0n) is 26.2. The van der Waals surface area contributed by atoms with Crippen molar-refractivity contribution in [3.63, 3.8) is 0 Å². The molecule has 0 saturated carbocycles. The van der Waals surface area contributed by atoms with Crippen LogP contribution in [0.4, 0.5) is 32.7 Å². The third-order valence-electron chi connectivity index (χ3n) is 7.85. The van der Waals surface area contributed by atoms with E-state index in [0.29, 0.717) is 56.0 Å². The van der Waals surface area contributed by atoms with Crippen LogP contribution in [0.15, 0.2) is 72.8 Å². The fraction of sp³-hybridized carbons (Fsp3) is 0.273. The molecule has 5 N–H and O–H groups in total. The van der Waals surface area contributed by atoms with E-state index in [1.165, 1.54) is 24.1 Å². The van der Waals surface area contributed by atoms with Crippen LogP contribution in [0.1, 0.15) is 17.0 Å².